The Balaban J connectivity index is 3.70. The van der Waals surface area contributed by atoms with E-state index in [0.29, 0.717) is 6.42 Å². The van der Waals surface area contributed by atoms with Gasteiger partial charge in [-0.05, 0) is 13.5 Å². The van der Waals surface area contributed by atoms with Crippen molar-refractivity contribution in [1.29, 1.82) is 0 Å². The molecule has 0 radical (unpaired) electrons. The SMILES string of the molecule is CNC(CCC(N)=O)C(=O)I. The van der Waals surface area contributed by atoms with Crippen LogP contribution in [0.4, 0.5) is 0 Å². The number of nitrogens with two attached hydrogens (primary N) is 1. The van der Waals surface area contributed by atoms with Gasteiger partial charge >= 0.3 is 0 Å². The normalized spacial score (nSPS) is 12.5. The lowest BCUT2D eigenvalue weighted by Crippen LogP contribution is -2.31. The van der Waals surface area contributed by atoms with E-state index in [4.69, 9.17) is 5.73 Å². The highest BCUT2D eigenvalue weighted by Gasteiger charge is 2.13. The van der Waals surface area contributed by atoms with Crippen molar-refractivity contribution in [2.75, 3.05) is 7.05 Å². The zero-order valence-corrected chi connectivity index (χ0v) is 8.42. The molecule has 3 N–H and O–H groups in total. The number of primary amides is 1. The first-order valence-corrected chi connectivity index (χ1v) is 4.30. The fourth-order valence-corrected chi connectivity index (χ4v) is 1.28. The molecule has 1 amide bonds. The molecule has 0 fully saturated rings. The molecule has 1 atom stereocenters. The van der Waals surface area contributed by atoms with Crippen molar-refractivity contribution in [3.05, 3.63) is 0 Å². The largest absolute Gasteiger partial charge is 0.370 e. The molecule has 0 aromatic rings. The highest BCUT2D eigenvalue weighted by Crippen LogP contribution is 2.02. The van der Waals surface area contributed by atoms with Crippen LogP contribution in [0.5, 0.6) is 0 Å². The van der Waals surface area contributed by atoms with E-state index < -0.39 is 0 Å². The van der Waals surface area contributed by atoms with Crippen molar-refractivity contribution in [1.82, 2.24) is 5.32 Å². The standard InChI is InChI=1S/C6H11IN2O2/c1-9-4(6(7)11)2-3-5(8)10/h4,9H,2-3H2,1H3,(H2,8,10). The Morgan fingerprint density at radius 1 is 1.64 bits per heavy atom. The van der Waals surface area contributed by atoms with Crippen LogP contribution in [-0.4, -0.2) is 22.8 Å². The number of hydrogen-bond acceptors (Lipinski definition) is 3. The minimum Gasteiger partial charge on any atom is -0.370 e. The minimum atomic E-state index is -0.372. The van der Waals surface area contributed by atoms with E-state index in [2.05, 4.69) is 5.32 Å². The molecule has 0 aromatic carbocycles. The number of carbonyl (C=O) groups excluding carboxylic acids is 2. The van der Waals surface area contributed by atoms with Gasteiger partial charge in [0.25, 0.3) is 0 Å². The molecule has 64 valence electrons. The van der Waals surface area contributed by atoms with Gasteiger partial charge in [0.2, 0.25) is 9.70 Å². The van der Waals surface area contributed by atoms with Crippen molar-refractivity contribution in [2.24, 2.45) is 5.73 Å². The third kappa shape index (κ3) is 5.14. The predicted octanol–water partition coefficient (Wildman–Crippen LogP) is -0.199. The van der Waals surface area contributed by atoms with Gasteiger partial charge in [-0.15, -0.1) is 0 Å². The Morgan fingerprint density at radius 2 is 2.18 bits per heavy atom. The first-order valence-electron chi connectivity index (χ1n) is 3.23. The monoisotopic (exact) mass is 270 g/mol. The Hall–Kier alpha value is -0.170. The Kier molecular flexibility index (Phi) is 5.39. The second kappa shape index (κ2) is 5.48. The lowest BCUT2D eigenvalue weighted by molar-refractivity contribution is -0.118. The highest BCUT2D eigenvalue weighted by molar-refractivity contribution is 14.1. The number of rotatable bonds is 5. The lowest BCUT2D eigenvalue weighted by Gasteiger charge is -2.08. The third-order valence-corrected chi connectivity index (χ3v) is 2.05. The van der Waals surface area contributed by atoms with E-state index in [1.54, 1.807) is 29.6 Å². The van der Waals surface area contributed by atoms with E-state index in [9.17, 15) is 9.59 Å². The van der Waals surface area contributed by atoms with E-state index in [1.165, 1.54) is 0 Å². The maximum absolute atomic E-state index is 10.8. The topological polar surface area (TPSA) is 72.2 Å². The first kappa shape index (κ1) is 10.8. The fraction of sp³-hybridized carbons (Fsp3) is 0.667. The molecule has 4 nitrogen and oxygen atoms in total. The summed E-state index contributed by atoms with van der Waals surface area (Å²) in [7, 11) is 1.68. The molecule has 0 heterocycles. The van der Waals surface area contributed by atoms with Crippen LogP contribution < -0.4 is 11.1 Å². The van der Waals surface area contributed by atoms with Crippen LogP contribution in [-0.2, 0) is 9.59 Å². The van der Waals surface area contributed by atoms with Crippen molar-refractivity contribution in [2.45, 2.75) is 18.9 Å². The van der Waals surface area contributed by atoms with Gasteiger partial charge in [0.1, 0.15) is 0 Å². The second-order valence-corrected chi connectivity index (χ2v) is 3.21. The number of halogens is 1. The van der Waals surface area contributed by atoms with Crippen molar-refractivity contribution in [3.63, 3.8) is 0 Å². The molecule has 0 aromatic heterocycles. The van der Waals surface area contributed by atoms with E-state index in [-0.39, 0.29) is 22.2 Å². The van der Waals surface area contributed by atoms with Gasteiger partial charge in [-0.1, -0.05) is 0 Å². The maximum atomic E-state index is 10.8. The van der Waals surface area contributed by atoms with Crippen molar-refractivity contribution < 1.29 is 9.59 Å². The van der Waals surface area contributed by atoms with E-state index in [1.807, 2.05) is 0 Å². The molecule has 11 heavy (non-hydrogen) atoms. The molecule has 0 bridgehead atoms. The van der Waals surface area contributed by atoms with Crippen LogP contribution in [0.1, 0.15) is 12.8 Å². The first-order chi connectivity index (χ1) is 5.07. The van der Waals surface area contributed by atoms with Gasteiger partial charge in [0, 0.05) is 29.0 Å². The average Bonchev–Trinajstić information content (AvgIpc) is 1.87. The highest BCUT2D eigenvalue weighted by atomic mass is 127. The van der Waals surface area contributed by atoms with Crippen molar-refractivity contribution in [3.8, 4) is 0 Å². The molecule has 0 saturated carbocycles. The predicted molar refractivity (Wildman–Crippen MR) is 50.3 cm³/mol. The molecular weight excluding hydrogens is 259 g/mol. The van der Waals surface area contributed by atoms with Gasteiger partial charge in [-0.25, -0.2) is 0 Å². The number of amides is 1. The van der Waals surface area contributed by atoms with Gasteiger partial charge in [0.15, 0.2) is 0 Å². The molecule has 0 aliphatic rings. The molecule has 0 aliphatic carbocycles. The zero-order chi connectivity index (χ0) is 8.85. The molecule has 0 rings (SSSR count). The summed E-state index contributed by atoms with van der Waals surface area (Å²) in [6.07, 6.45) is 0.730. The summed E-state index contributed by atoms with van der Waals surface area (Å²) in [4.78, 5) is 21.1. The quantitative estimate of drug-likeness (QED) is 0.537. The molecule has 1 unspecified atom stereocenters. The maximum Gasteiger partial charge on any atom is 0.217 e. The Bertz CT molecular complexity index is 161. The van der Waals surface area contributed by atoms with E-state index in [0.717, 1.165) is 0 Å². The summed E-state index contributed by atoms with van der Waals surface area (Å²) in [6.45, 7) is 0. The van der Waals surface area contributed by atoms with Crippen LogP contribution in [0.2, 0.25) is 0 Å². The molecule has 5 heteroatoms. The smallest absolute Gasteiger partial charge is 0.217 e. The van der Waals surface area contributed by atoms with Crippen LogP contribution in [0.3, 0.4) is 0 Å². The van der Waals surface area contributed by atoms with Gasteiger partial charge in [0.05, 0.1) is 6.04 Å². The van der Waals surface area contributed by atoms with Gasteiger partial charge in [-0.2, -0.15) is 0 Å². The lowest BCUT2D eigenvalue weighted by atomic mass is 10.2. The second-order valence-electron chi connectivity index (χ2n) is 2.15. The van der Waals surface area contributed by atoms with Crippen LogP contribution in [0.25, 0.3) is 0 Å². The summed E-state index contributed by atoms with van der Waals surface area (Å²) in [6, 6.07) is -0.247. The Labute approximate surface area is 79.0 Å². The minimum absolute atomic E-state index is 0.00588. The number of nitrogens with one attached hydrogen (secondary N) is 1. The van der Waals surface area contributed by atoms with E-state index >= 15 is 0 Å². The summed E-state index contributed by atoms with van der Waals surface area (Å²) >= 11 is 1.70. The average molecular weight is 270 g/mol. The molecular formula is C6H11IN2O2. The summed E-state index contributed by atoms with van der Waals surface area (Å²) in [5.74, 6) is -0.372. The summed E-state index contributed by atoms with van der Waals surface area (Å²) in [5, 5.41) is 2.79. The third-order valence-electron chi connectivity index (χ3n) is 1.30. The zero-order valence-electron chi connectivity index (χ0n) is 6.26. The Morgan fingerprint density at radius 3 is 2.45 bits per heavy atom. The van der Waals surface area contributed by atoms with Gasteiger partial charge in [-0.3, -0.25) is 9.59 Å². The molecule has 0 aliphatic heterocycles. The number of likely N-dealkylation sites (N-methyl/N-ethyl adjacent to an activating group) is 1. The van der Waals surface area contributed by atoms with Crippen LogP contribution >= 0.6 is 22.6 Å². The summed E-state index contributed by atoms with van der Waals surface area (Å²) in [5.41, 5.74) is 4.92. The molecule has 0 spiro atoms. The summed E-state index contributed by atoms with van der Waals surface area (Å²) < 4.78 is 0.00588. The number of hydrogen-bond donors (Lipinski definition) is 2. The van der Waals surface area contributed by atoms with Crippen molar-refractivity contribution >= 4 is 32.3 Å². The van der Waals surface area contributed by atoms with Crippen LogP contribution in [0.15, 0.2) is 0 Å². The molecule has 0 saturated heterocycles. The fourth-order valence-electron chi connectivity index (χ4n) is 0.658. The van der Waals surface area contributed by atoms with Crippen LogP contribution in [0, 0.1) is 0 Å². The number of carbonyl (C=O) groups is 2. The van der Waals surface area contributed by atoms with Gasteiger partial charge < -0.3 is 11.1 Å².